The molecular weight excluding hydrogens is 281 g/mol. The molecule has 0 spiro atoms. The SMILES string of the molecule is Ic1csc(-c2ccccn2)c1. The van der Waals surface area contributed by atoms with Crippen molar-refractivity contribution in [1.29, 1.82) is 0 Å². The Kier molecular flexibility index (Phi) is 2.41. The van der Waals surface area contributed by atoms with Gasteiger partial charge in [0, 0.05) is 15.1 Å². The van der Waals surface area contributed by atoms with Gasteiger partial charge in [0.05, 0.1) is 10.6 Å². The molecular formula is C9H6INS. The monoisotopic (exact) mass is 287 g/mol. The Morgan fingerprint density at radius 2 is 2.25 bits per heavy atom. The van der Waals surface area contributed by atoms with Gasteiger partial charge in [-0.2, -0.15) is 0 Å². The number of thiophene rings is 1. The molecule has 0 aliphatic carbocycles. The number of nitrogens with zero attached hydrogens (tertiary/aromatic N) is 1. The summed E-state index contributed by atoms with van der Waals surface area (Å²) in [5.41, 5.74) is 1.06. The van der Waals surface area contributed by atoms with E-state index in [9.17, 15) is 0 Å². The molecule has 0 aliphatic rings. The summed E-state index contributed by atoms with van der Waals surface area (Å²) in [5.74, 6) is 0. The lowest BCUT2D eigenvalue weighted by Crippen LogP contribution is -1.75. The molecule has 12 heavy (non-hydrogen) atoms. The van der Waals surface area contributed by atoms with Crippen molar-refractivity contribution in [1.82, 2.24) is 4.98 Å². The topological polar surface area (TPSA) is 12.9 Å². The first kappa shape index (κ1) is 8.19. The van der Waals surface area contributed by atoms with Crippen LogP contribution in [0.3, 0.4) is 0 Å². The van der Waals surface area contributed by atoms with Gasteiger partial charge in [0.25, 0.3) is 0 Å². The average molecular weight is 287 g/mol. The van der Waals surface area contributed by atoms with E-state index in [-0.39, 0.29) is 0 Å². The summed E-state index contributed by atoms with van der Waals surface area (Å²) >= 11 is 4.04. The third-order valence-electron chi connectivity index (χ3n) is 1.48. The van der Waals surface area contributed by atoms with Crippen LogP contribution in [0.15, 0.2) is 35.8 Å². The Morgan fingerprint density at radius 3 is 2.83 bits per heavy atom. The lowest BCUT2D eigenvalue weighted by Gasteiger charge is -1.92. The maximum absolute atomic E-state index is 4.27. The number of pyridine rings is 1. The van der Waals surface area contributed by atoms with Crippen LogP contribution in [0.2, 0.25) is 0 Å². The van der Waals surface area contributed by atoms with Crippen molar-refractivity contribution < 1.29 is 0 Å². The Labute approximate surface area is 88.6 Å². The fourth-order valence-electron chi connectivity index (χ4n) is 0.956. The van der Waals surface area contributed by atoms with Gasteiger partial charge in [-0.1, -0.05) is 6.07 Å². The molecule has 0 aliphatic heterocycles. The minimum Gasteiger partial charge on any atom is -0.255 e. The van der Waals surface area contributed by atoms with Gasteiger partial charge < -0.3 is 0 Å². The van der Waals surface area contributed by atoms with Crippen LogP contribution in [0, 0.1) is 3.57 Å². The molecule has 3 heteroatoms. The number of halogens is 1. The second-order valence-electron chi connectivity index (χ2n) is 2.34. The molecule has 0 N–H and O–H groups in total. The van der Waals surface area contributed by atoms with Crippen LogP contribution < -0.4 is 0 Å². The molecule has 2 rings (SSSR count). The highest BCUT2D eigenvalue weighted by molar-refractivity contribution is 14.1. The lowest BCUT2D eigenvalue weighted by molar-refractivity contribution is 1.34. The summed E-state index contributed by atoms with van der Waals surface area (Å²) in [6.45, 7) is 0. The summed E-state index contributed by atoms with van der Waals surface area (Å²) in [6, 6.07) is 8.12. The normalized spacial score (nSPS) is 10.1. The first-order chi connectivity index (χ1) is 5.86. The van der Waals surface area contributed by atoms with Crippen LogP contribution >= 0.6 is 33.9 Å². The molecule has 0 saturated carbocycles. The first-order valence-electron chi connectivity index (χ1n) is 3.52. The minimum absolute atomic E-state index is 1.06. The highest BCUT2D eigenvalue weighted by atomic mass is 127. The second kappa shape index (κ2) is 3.53. The smallest absolute Gasteiger partial charge is 0.0802 e. The molecule has 0 fully saturated rings. The molecule has 0 unspecified atom stereocenters. The Balaban J connectivity index is 2.45. The van der Waals surface area contributed by atoms with Crippen LogP contribution in [0.25, 0.3) is 10.6 Å². The predicted molar refractivity (Wildman–Crippen MR) is 60.3 cm³/mol. The van der Waals surface area contributed by atoms with Gasteiger partial charge in [0.15, 0.2) is 0 Å². The zero-order valence-corrected chi connectivity index (χ0v) is 9.17. The molecule has 0 atom stereocenters. The molecule has 0 amide bonds. The fourth-order valence-corrected chi connectivity index (χ4v) is 2.60. The molecule has 2 heterocycles. The molecule has 2 aromatic rings. The van der Waals surface area contributed by atoms with Crippen molar-refractivity contribution >= 4 is 33.9 Å². The highest BCUT2D eigenvalue weighted by Crippen LogP contribution is 2.25. The summed E-state index contributed by atoms with van der Waals surface area (Å²) < 4.78 is 1.28. The van der Waals surface area contributed by atoms with Crippen LogP contribution in [0.1, 0.15) is 0 Å². The number of hydrogen-bond donors (Lipinski definition) is 0. The summed E-state index contributed by atoms with van der Waals surface area (Å²) in [6.07, 6.45) is 1.82. The fraction of sp³-hybridized carbons (Fsp3) is 0. The molecule has 1 nitrogen and oxygen atoms in total. The Hall–Kier alpha value is -0.420. The third kappa shape index (κ3) is 1.67. The minimum atomic E-state index is 1.06. The second-order valence-corrected chi connectivity index (χ2v) is 4.50. The van der Waals surface area contributed by atoms with Gasteiger partial charge >= 0.3 is 0 Å². The Bertz CT molecular complexity index is 369. The standard InChI is InChI=1S/C9H6INS/c10-7-5-9(12-6-7)8-3-1-2-4-11-8/h1-6H. The van der Waals surface area contributed by atoms with Crippen LogP contribution in [0.5, 0.6) is 0 Å². The van der Waals surface area contributed by atoms with Crippen molar-refractivity contribution in [2.75, 3.05) is 0 Å². The van der Waals surface area contributed by atoms with Crippen molar-refractivity contribution in [3.8, 4) is 10.6 Å². The van der Waals surface area contributed by atoms with Crippen molar-refractivity contribution in [2.24, 2.45) is 0 Å². The first-order valence-corrected chi connectivity index (χ1v) is 5.47. The summed E-state index contributed by atoms with van der Waals surface area (Å²) in [4.78, 5) is 5.51. The van der Waals surface area contributed by atoms with E-state index in [1.165, 1.54) is 8.45 Å². The zero-order valence-electron chi connectivity index (χ0n) is 6.20. The van der Waals surface area contributed by atoms with E-state index in [2.05, 4.69) is 39.0 Å². The number of aromatic nitrogens is 1. The van der Waals surface area contributed by atoms with Gasteiger partial charge in [-0.15, -0.1) is 11.3 Å². The highest BCUT2D eigenvalue weighted by Gasteiger charge is 1.99. The molecule has 0 aromatic carbocycles. The average Bonchev–Trinajstić information content (AvgIpc) is 2.54. The maximum Gasteiger partial charge on any atom is 0.0802 e. The van der Waals surface area contributed by atoms with E-state index in [0.717, 1.165) is 5.69 Å². The van der Waals surface area contributed by atoms with Gasteiger partial charge in [-0.05, 0) is 40.8 Å². The lowest BCUT2D eigenvalue weighted by atomic mass is 10.3. The van der Waals surface area contributed by atoms with Crippen molar-refractivity contribution in [3.63, 3.8) is 0 Å². The van der Waals surface area contributed by atoms with Crippen LogP contribution in [-0.4, -0.2) is 4.98 Å². The largest absolute Gasteiger partial charge is 0.255 e. The van der Waals surface area contributed by atoms with E-state index < -0.39 is 0 Å². The third-order valence-corrected chi connectivity index (χ3v) is 3.48. The number of hydrogen-bond acceptors (Lipinski definition) is 2. The number of rotatable bonds is 1. The van der Waals surface area contributed by atoms with E-state index >= 15 is 0 Å². The molecule has 0 bridgehead atoms. The van der Waals surface area contributed by atoms with Gasteiger partial charge in [0.1, 0.15) is 0 Å². The van der Waals surface area contributed by atoms with E-state index in [1.807, 2.05) is 24.4 Å². The maximum atomic E-state index is 4.27. The van der Waals surface area contributed by atoms with E-state index in [4.69, 9.17) is 0 Å². The van der Waals surface area contributed by atoms with Crippen molar-refractivity contribution in [2.45, 2.75) is 0 Å². The zero-order chi connectivity index (χ0) is 8.39. The molecule has 2 aromatic heterocycles. The summed E-state index contributed by atoms with van der Waals surface area (Å²) in [7, 11) is 0. The molecule has 0 saturated heterocycles. The van der Waals surface area contributed by atoms with Crippen LogP contribution in [-0.2, 0) is 0 Å². The predicted octanol–water partition coefficient (Wildman–Crippen LogP) is 3.41. The van der Waals surface area contributed by atoms with E-state index in [1.54, 1.807) is 11.3 Å². The molecule has 0 radical (unpaired) electrons. The summed E-state index contributed by atoms with van der Waals surface area (Å²) in [5, 5.41) is 2.13. The van der Waals surface area contributed by atoms with Crippen LogP contribution in [0.4, 0.5) is 0 Å². The van der Waals surface area contributed by atoms with Gasteiger partial charge in [-0.3, -0.25) is 4.98 Å². The molecule has 60 valence electrons. The van der Waals surface area contributed by atoms with Gasteiger partial charge in [0.2, 0.25) is 0 Å². The van der Waals surface area contributed by atoms with Crippen molar-refractivity contribution in [3.05, 3.63) is 39.4 Å². The Morgan fingerprint density at radius 1 is 1.33 bits per heavy atom. The van der Waals surface area contributed by atoms with Gasteiger partial charge in [-0.25, -0.2) is 0 Å². The van der Waals surface area contributed by atoms with E-state index in [0.29, 0.717) is 0 Å². The quantitative estimate of drug-likeness (QED) is 0.732.